The van der Waals surface area contributed by atoms with Crippen LogP contribution in [0.3, 0.4) is 0 Å². The Bertz CT molecular complexity index is 611. The third-order valence-corrected chi connectivity index (χ3v) is 4.72. The fourth-order valence-corrected chi connectivity index (χ4v) is 4.00. The van der Waals surface area contributed by atoms with E-state index in [0.29, 0.717) is 0 Å². The molecule has 1 amide bonds. The first-order chi connectivity index (χ1) is 10.4. The number of carbonyl (C=O) groups excluding carboxylic acids is 1. The molecular weight excluding hydrogens is 354 g/mol. The average Bonchev–Trinajstić information content (AvgIpc) is 2.33. The zero-order chi connectivity index (χ0) is 17.6. The van der Waals surface area contributed by atoms with Crippen LogP contribution in [-0.4, -0.2) is 17.7 Å². The first kappa shape index (κ1) is 18.3. The molecule has 1 atom stereocenters. The van der Waals surface area contributed by atoms with Crippen LogP contribution in [0, 0.1) is 12.3 Å². The van der Waals surface area contributed by atoms with Crippen molar-refractivity contribution in [1.29, 1.82) is 0 Å². The van der Waals surface area contributed by atoms with Crippen molar-refractivity contribution >= 4 is 27.7 Å². The van der Waals surface area contributed by atoms with Gasteiger partial charge < -0.3 is 4.74 Å². The highest BCUT2D eigenvalue weighted by Crippen LogP contribution is 2.43. The van der Waals surface area contributed by atoms with Crippen molar-refractivity contribution in [1.82, 2.24) is 0 Å². The second-order valence-electron chi connectivity index (χ2n) is 8.53. The molecule has 0 spiro atoms. The second-order valence-corrected chi connectivity index (χ2v) is 9.38. The summed E-state index contributed by atoms with van der Waals surface area (Å²) in [5.41, 5.74) is 2.86. The number of nitrogens with zero attached hydrogens (tertiary/aromatic N) is 1. The zero-order valence-electron chi connectivity index (χ0n) is 15.3. The van der Waals surface area contributed by atoms with Gasteiger partial charge in [-0.2, -0.15) is 0 Å². The van der Waals surface area contributed by atoms with Gasteiger partial charge in [-0.3, -0.25) is 4.90 Å². The van der Waals surface area contributed by atoms with E-state index in [1.54, 1.807) is 0 Å². The Morgan fingerprint density at radius 1 is 1.22 bits per heavy atom. The zero-order valence-corrected chi connectivity index (χ0v) is 16.9. The molecule has 0 aromatic heterocycles. The standard InChI is InChI=1S/C19H28BrNO2/c1-12-10-13-8-9-15(18(2,3)4)21(16(13)14(20)11-12)17(22)23-19(5,6)7/h10-11,15H,8-9H2,1-7H3. The molecule has 3 nitrogen and oxygen atoms in total. The van der Waals surface area contributed by atoms with Crippen molar-refractivity contribution in [3.8, 4) is 0 Å². The summed E-state index contributed by atoms with van der Waals surface area (Å²) in [7, 11) is 0. The Morgan fingerprint density at radius 2 is 1.83 bits per heavy atom. The molecule has 1 aromatic rings. The highest BCUT2D eigenvalue weighted by atomic mass is 79.9. The van der Waals surface area contributed by atoms with Crippen LogP contribution in [0.2, 0.25) is 0 Å². The predicted molar refractivity (Wildman–Crippen MR) is 99.2 cm³/mol. The summed E-state index contributed by atoms with van der Waals surface area (Å²) in [5.74, 6) is 0. The van der Waals surface area contributed by atoms with E-state index in [1.165, 1.54) is 11.1 Å². The molecule has 0 N–H and O–H groups in total. The lowest BCUT2D eigenvalue weighted by molar-refractivity contribution is 0.0531. The minimum absolute atomic E-state index is 0.0150. The van der Waals surface area contributed by atoms with E-state index in [2.05, 4.69) is 55.8 Å². The van der Waals surface area contributed by atoms with Gasteiger partial charge in [-0.25, -0.2) is 4.79 Å². The summed E-state index contributed by atoms with van der Waals surface area (Å²) in [4.78, 5) is 14.8. The van der Waals surface area contributed by atoms with E-state index in [0.717, 1.165) is 23.0 Å². The smallest absolute Gasteiger partial charge is 0.415 e. The molecule has 0 bridgehead atoms. The van der Waals surface area contributed by atoms with Gasteiger partial charge in [0.2, 0.25) is 0 Å². The first-order valence-electron chi connectivity index (χ1n) is 8.21. The molecule has 0 fully saturated rings. The van der Waals surface area contributed by atoms with Gasteiger partial charge in [0.05, 0.1) is 5.69 Å². The normalized spacial score (nSPS) is 18.6. The predicted octanol–water partition coefficient (Wildman–Crippen LogP) is 5.86. The van der Waals surface area contributed by atoms with Crippen LogP contribution in [0.4, 0.5) is 10.5 Å². The molecule has 1 aliphatic heterocycles. The van der Waals surface area contributed by atoms with Gasteiger partial charge in [0.1, 0.15) is 5.60 Å². The molecule has 0 saturated heterocycles. The van der Waals surface area contributed by atoms with Crippen LogP contribution in [0.15, 0.2) is 16.6 Å². The van der Waals surface area contributed by atoms with Gasteiger partial charge in [-0.05, 0) is 79.1 Å². The van der Waals surface area contributed by atoms with Crippen molar-refractivity contribution in [2.45, 2.75) is 73.0 Å². The Kier molecular flexibility index (Phi) is 4.87. The monoisotopic (exact) mass is 381 g/mol. The van der Waals surface area contributed by atoms with Gasteiger partial charge in [-0.15, -0.1) is 0 Å². The van der Waals surface area contributed by atoms with Gasteiger partial charge in [0, 0.05) is 10.5 Å². The highest BCUT2D eigenvalue weighted by Gasteiger charge is 2.41. The van der Waals surface area contributed by atoms with E-state index in [9.17, 15) is 4.79 Å². The van der Waals surface area contributed by atoms with Crippen LogP contribution in [0.5, 0.6) is 0 Å². The van der Waals surface area contributed by atoms with Crippen LogP contribution < -0.4 is 4.90 Å². The van der Waals surface area contributed by atoms with Crippen LogP contribution in [0.1, 0.15) is 59.1 Å². The Labute approximate surface area is 148 Å². The SMILES string of the molecule is Cc1cc(Br)c2c(c1)CCC(C(C)(C)C)N2C(=O)OC(C)(C)C. The summed E-state index contributed by atoms with van der Waals surface area (Å²) >= 11 is 3.67. The fraction of sp³-hybridized carbons (Fsp3) is 0.632. The van der Waals surface area contributed by atoms with Crippen molar-refractivity contribution in [2.75, 3.05) is 4.90 Å². The number of benzene rings is 1. The summed E-state index contributed by atoms with van der Waals surface area (Å²) in [6.07, 6.45) is 1.67. The van der Waals surface area contributed by atoms with Crippen molar-refractivity contribution in [2.24, 2.45) is 5.41 Å². The van der Waals surface area contributed by atoms with E-state index >= 15 is 0 Å². The lowest BCUT2D eigenvalue weighted by atomic mass is 9.79. The van der Waals surface area contributed by atoms with Crippen LogP contribution in [0.25, 0.3) is 0 Å². The van der Waals surface area contributed by atoms with Gasteiger partial charge >= 0.3 is 6.09 Å². The third-order valence-electron chi connectivity index (χ3n) is 4.12. The van der Waals surface area contributed by atoms with Gasteiger partial charge in [-0.1, -0.05) is 26.8 Å². The number of hydrogen-bond acceptors (Lipinski definition) is 2. The molecular formula is C19H28BrNO2. The number of halogens is 1. The second kappa shape index (κ2) is 6.12. The van der Waals surface area contributed by atoms with Crippen LogP contribution in [-0.2, 0) is 11.2 Å². The molecule has 23 heavy (non-hydrogen) atoms. The molecule has 1 aromatic carbocycles. The molecule has 0 radical (unpaired) electrons. The molecule has 0 saturated carbocycles. The summed E-state index contributed by atoms with van der Waals surface area (Å²) < 4.78 is 6.68. The quantitative estimate of drug-likeness (QED) is 0.562. The van der Waals surface area contributed by atoms with E-state index in [1.807, 2.05) is 25.7 Å². The molecule has 2 rings (SSSR count). The van der Waals surface area contributed by atoms with E-state index in [4.69, 9.17) is 4.74 Å². The summed E-state index contributed by atoms with van der Waals surface area (Å²) in [5, 5.41) is 0. The summed E-state index contributed by atoms with van der Waals surface area (Å²) in [6.45, 7) is 14.4. The number of amides is 1. The Morgan fingerprint density at radius 3 is 2.35 bits per heavy atom. The molecule has 0 aliphatic carbocycles. The maximum Gasteiger partial charge on any atom is 0.415 e. The number of rotatable bonds is 0. The highest BCUT2D eigenvalue weighted by molar-refractivity contribution is 9.10. The number of ether oxygens (including phenoxy) is 1. The molecule has 1 heterocycles. The Hall–Kier alpha value is -1.03. The average molecular weight is 382 g/mol. The lowest BCUT2D eigenvalue weighted by Gasteiger charge is -2.44. The fourth-order valence-electron chi connectivity index (χ4n) is 3.19. The third kappa shape index (κ3) is 4.09. The minimum atomic E-state index is -0.506. The maximum atomic E-state index is 13.0. The van der Waals surface area contributed by atoms with Crippen molar-refractivity contribution in [3.05, 3.63) is 27.7 Å². The molecule has 1 unspecified atom stereocenters. The number of aryl methyl sites for hydroxylation is 2. The molecule has 4 heteroatoms. The minimum Gasteiger partial charge on any atom is -0.443 e. The Balaban J connectivity index is 2.54. The number of carbonyl (C=O) groups is 1. The summed E-state index contributed by atoms with van der Waals surface area (Å²) in [6, 6.07) is 4.36. The van der Waals surface area contributed by atoms with E-state index in [-0.39, 0.29) is 17.6 Å². The number of anilines is 1. The number of hydrogen-bond donors (Lipinski definition) is 0. The number of fused-ring (bicyclic) bond motifs is 1. The van der Waals surface area contributed by atoms with Crippen molar-refractivity contribution in [3.63, 3.8) is 0 Å². The van der Waals surface area contributed by atoms with E-state index < -0.39 is 5.60 Å². The largest absolute Gasteiger partial charge is 0.443 e. The molecule has 1 aliphatic rings. The van der Waals surface area contributed by atoms with Crippen LogP contribution >= 0.6 is 15.9 Å². The van der Waals surface area contributed by atoms with Gasteiger partial charge in [0.15, 0.2) is 0 Å². The topological polar surface area (TPSA) is 29.5 Å². The maximum absolute atomic E-state index is 13.0. The lowest BCUT2D eigenvalue weighted by Crippen LogP contribution is -2.52. The van der Waals surface area contributed by atoms with Gasteiger partial charge in [0.25, 0.3) is 0 Å². The van der Waals surface area contributed by atoms with Crippen molar-refractivity contribution < 1.29 is 9.53 Å². The molecule has 128 valence electrons. The first-order valence-corrected chi connectivity index (χ1v) is 9.00.